The van der Waals surface area contributed by atoms with Gasteiger partial charge in [0.1, 0.15) is 30.0 Å². The highest BCUT2D eigenvalue weighted by Crippen LogP contribution is 2.42. The van der Waals surface area contributed by atoms with Crippen molar-refractivity contribution >= 4 is 80.1 Å². The van der Waals surface area contributed by atoms with Crippen molar-refractivity contribution in [2.24, 2.45) is 0 Å². The van der Waals surface area contributed by atoms with Gasteiger partial charge in [-0.15, -0.1) is 0 Å². The second kappa shape index (κ2) is 18.8. The number of nitrogens with zero attached hydrogens (tertiary/aromatic N) is 7. The van der Waals surface area contributed by atoms with Crippen molar-refractivity contribution in [2.75, 3.05) is 81.8 Å². The van der Waals surface area contributed by atoms with E-state index in [1.54, 1.807) is 45.1 Å². The first-order valence-electron chi connectivity index (χ1n) is 21.3. The highest BCUT2D eigenvalue weighted by molar-refractivity contribution is 9.10. The average Bonchev–Trinajstić information content (AvgIpc) is 3.26. The number of piperidine rings is 2. The quantitative estimate of drug-likeness (QED) is 0.0822. The molecule has 3 fully saturated rings. The van der Waals surface area contributed by atoms with Crippen LogP contribution in [0, 0.1) is 5.82 Å². The Labute approximate surface area is 369 Å². The molecule has 0 radical (unpaired) electrons. The molecule has 62 heavy (non-hydrogen) atoms. The number of hydrogen-bond donors (Lipinski definition) is 3. The van der Waals surface area contributed by atoms with Crippen LogP contribution in [0.1, 0.15) is 55.2 Å². The van der Waals surface area contributed by atoms with E-state index in [1.165, 1.54) is 17.3 Å². The largest absolute Gasteiger partial charge is 0.494 e. The van der Waals surface area contributed by atoms with Gasteiger partial charge in [0.15, 0.2) is 0 Å². The van der Waals surface area contributed by atoms with E-state index in [9.17, 15) is 14.2 Å². The average molecular weight is 928 g/mol. The van der Waals surface area contributed by atoms with Gasteiger partial charge in [-0.1, -0.05) is 19.1 Å². The number of amides is 2. The van der Waals surface area contributed by atoms with Gasteiger partial charge in [-0.05, 0) is 102 Å². The molecule has 0 saturated carbocycles. The molecule has 3 aliphatic rings. The summed E-state index contributed by atoms with van der Waals surface area (Å²) >= 11 is 3.59. The molecule has 5 heterocycles. The fraction of sp³-hybridized carbons (Fsp3) is 0.422. The van der Waals surface area contributed by atoms with E-state index in [2.05, 4.69) is 80.6 Å². The lowest BCUT2D eigenvalue weighted by Gasteiger charge is -2.43. The lowest BCUT2D eigenvalue weighted by Crippen LogP contribution is -2.53. The van der Waals surface area contributed by atoms with Crippen molar-refractivity contribution in [3.8, 4) is 5.75 Å². The van der Waals surface area contributed by atoms with Crippen molar-refractivity contribution in [3.63, 3.8) is 0 Å². The van der Waals surface area contributed by atoms with Crippen LogP contribution in [-0.4, -0.2) is 114 Å². The van der Waals surface area contributed by atoms with Crippen LogP contribution in [0.3, 0.4) is 0 Å². The van der Waals surface area contributed by atoms with E-state index in [1.807, 2.05) is 18.2 Å². The number of piperazine rings is 1. The van der Waals surface area contributed by atoms with Crippen LogP contribution in [0.2, 0.25) is 0 Å². The van der Waals surface area contributed by atoms with E-state index in [-0.39, 0.29) is 24.1 Å². The highest BCUT2D eigenvalue weighted by Gasteiger charge is 2.31. The number of rotatable bonds is 13. The number of ether oxygens (including phenoxy) is 1. The molecule has 2 aromatic heterocycles. The first kappa shape index (κ1) is 43.6. The van der Waals surface area contributed by atoms with Crippen LogP contribution in [0.4, 0.5) is 33.2 Å². The number of imide groups is 1. The topological polar surface area (TPSA) is 158 Å². The standard InChI is InChI=1S/C45H53BrFN10O4P/c1-5-28-25-37(52-45-50-27-33(46)43(54-45)51-36-10-9-35-41(49-16-15-48-35)42(36)62(3,4)60)39(61-2)26-38(28)57-18-13-31(14-19-57)56-22-20-55(21-23-56)17-12-29-6-7-30(24-34(29)47)32-8-11-40(58)53-44(32)59/h6-7,9-10,15-16,24-27,31-32H,5,8,11-14,17-23H2,1-4H3,(H,53,58,59)(H2,50,51,52,54). The molecule has 3 aromatic carbocycles. The summed E-state index contributed by atoms with van der Waals surface area (Å²) in [7, 11) is -1.10. The van der Waals surface area contributed by atoms with Crippen molar-refractivity contribution in [2.45, 2.75) is 57.4 Å². The highest BCUT2D eigenvalue weighted by atomic mass is 79.9. The Balaban J connectivity index is 0.866. The molecule has 2 amide bonds. The zero-order chi connectivity index (χ0) is 43.5. The molecule has 326 valence electrons. The summed E-state index contributed by atoms with van der Waals surface area (Å²) in [6.45, 7) is 12.1. The van der Waals surface area contributed by atoms with E-state index in [4.69, 9.17) is 9.72 Å². The smallest absolute Gasteiger partial charge is 0.234 e. The summed E-state index contributed by atoms with van der Waals surface area (Å²) < 4.78 is 35.2. The molecule has 1 atom stereocenters. The lowest BCUT2D eigenvalue weighted by atomic mass is 9.89. The van der Waals surface area contributed by atoms with Crippen LogP contribution in [0.15, 0.2) is 65.5 Å². The molecule has 3 aliphatic heterocycles. The first-order chi connectivity index (χ1) is 29.9. The number of methoxy groups -OCH3 is 1. The number of anilines is 5. The Kier molecular flexibility index (Phi) is 13.2. The van der Waals surface area contributed by atoms with Gasteiger partial charge in [-0.3, -0.25) is 29.8 Å². The number of aryl methyl sites for hydroxylation is 1. The Morgan fingerprint density at radius 3 is 2.40 bits per heavy atom. The minimum Gasteiger partial charge on any atom is -0.494 e. The van der Waals surface area contributed by atoms with Gasteiger partial charge >= 0.3 is 0 Å². The minimum absolute atomic E-state index is 0.270. The molecule has 0 spiro atoms. The summed E-state index contributed by atoms with van der Waals surface area (Å²) in [5, 5.41) is 9.74. The number of carbonyl (C=O) groups excluding carboxylic acids is 2. The summed E-state index contributed by atoms with van der Waals surface area (Å²) in [5.74, 6) is 0.176. The van der Waals surface area contributed by atoms with Crippen molar-refractivity contribution in [1.29, 1.82) is 0 Å². The summed E-state index contributed by atoms with van der Waals surface area (Å²) in [6.07, 6.45) is 9.17. The molecule has 3 N–H and O–H groups in total. The fourth-order valence-corrected chi connectivity index (χ4v) is 10.7. The molecule has 17 heteroatoms. The van der Waals surface area contributed by atoms with Crippen LogP contribution >= 0.6 is 23.1 Å². The van der Waals surface area contributed by atoms with E-state index in [0.717, 1.165) is 70.8 Å². The van der Waals surface area contributed by atoms with E-state index < -0.39 is 13.1 Å². The van der Waals surface area contributed by atoms with Gasteiger partial charge in [0.2, 0.25) is 17.8 Å². The molecule has 0 bridgehead atoms. The number of carbonyl (C=O) groups is 2. The number of benzene rings is 3. The van der Waals surface area contributed by atoms with Gasteiger partial charge in [-0.25, -0.2) is 9.37 Å². The van der Waals surface area contributed by atoms with Crippen LogP contribution in [0.25, 0.3) is 11.0 Å². The van der Waals surface area contributed by atoms with Gasteiger partial charge in [0.25, 0.3) is 0 Å². The number of hydrogen-bond acceptors (Lipinski definition) is 13. The third-order valence-corrected chi connectivity index (χ3v) is 14.4. The first-order valence-corrected chi connectivity index (χ1v) is 24.7. The zero-order valence-electron chi connectivity index (χ0n) is 35.6. The molecule has 5 aromatic rings. The maximum Gasteiger partial charge on any atom is 0.234 e. The van der Waals surface area contributed by atoms with E-state index in [0.29, 0.717) is 74.0 Å². The van der Waals surface area contributed by atoms with Crippen molar-refractivity contribution in [3.05, 3.63) is 88.0 Å². The lowest BCUT2D eigenvalue weighted by molar-refractivity contribution is -0.134. The molecular weight excluding hydrogens is 874 g/mol. The summed E-state index contributed by atoms with van der Waals surface area (Å²) in [4.78, 5) is 49.6. The van der Waals surface area contributed by atoms with Gasteiger partial charge in [0, 0.05) is 88.6 Å². The fourth-order valence-electron chi connectivity index (χ4n) is 8.99. The van der Waals surface area contributed by atoms with Crippen molar-refractivity contribution in [1.82, 2.24) is 35.1 Å². The number of aromatic nitrogens is 4. The van der Waals surface area contributed by atoms with Gasteiger partial charge in [-0.2, -0.15) is 4.98 Å². The maximum absolute atomic E-state index is 15.1. The SMILES string of the molecule is CCc1cc(Nc2ncc(Br)c(Nc3ccc4nccnc4c3P(C)(C)=O)n2)c(OC)cc1N1CCC(N2CCN(CCc3ccc(C4CCC(=O)NC4=O)cc3F)CC2)CC1. The normalized spacial score (nSPS) is 18.2. The Bertz CT molecular complexity index is 2530. The van der Waals surface area contributed by atoms with E-state index >= 15 is 4.39 Å². The summed E-state index contributed by atoms with van der Waals surface area (Å²) in [6, 6.07) is 13.6. The van der Waals surface area contributed by atoms with Crippen molar-refractivity contribution < 1.29 is 23.3 Å². The molecule has 3 saturated heterocycles. The van der Waals surface area contributed by atoms with Gasteiger partial charge < -0.3 is 29.7 Å². The molecular formula is C45H53BrFN10O4P. The zero-order valence-corrected chi connectivity index (χ0v) is 38.1. The molecule has 8 rings (SSSR count). The maximum atomic E-state index is 15.1. The minimum atomic E-state index is -2.78. The number of nitrogens with one attached hydrogen (secondary N) is 3. The third kappa shape index (κ3) is 9.63. The Hall–Kier alpha value is -5.02. The molecule has 1 unspecified atom stereocenters. The molecule has 0 aliphatic carbocycles. The molecule has 14 nitrogen and oxygen atoms in total. The van der Waals surface area contributed by atoms with Crippen LogP contribution < -0.4 is 30.9 Å². The Morgan fingerprint density at radius 2 is 1.69 bits per heavy atom. The van der Waals surface area contributed by atoms with Crippen LogP contribution in [-0.2, 0) is 27.0 Å². The third-order valence-electron chi connectivity index (χ3n) is 12.3. The summed E-state index contributed by atoms with van der Waals surface area (Å²) in [5.41, 5.74) is 6.31. The Morgan fingerprint density at radius 1 is 0.919 bits per heavy atom. The van der Waals surface area contributed by atoms with Crippen LogP contribution in [0.5, 0.6) is 5.75 Å². The monoisotopic (exact) mass is 926 g/mol. The second-order valence-electron chi connectivity index (χ2n) is 16.6. The number of halogens is 2. The van der Waals surface area contributed by atoms with Gasteiger partial charge in [0.05, 0.1) is 39.7 Å². The predicted octanol–water partition coefficient (Wildman–Crippen LogP) is 6.98. The number of fused-ring (bicyclic) bond motifs is 1. The second-order valence-corrected chi connectivity index (χ2v) is 20.6. The predicted molar refractivity (Wildman–Crippen MR) is 246 cm³/mol.